The molecule has 3 heterocycles. The van der Waals surface area contributed by atoms with Crippen molar-refractivity contribution in [3.63, 3.8) is 0 Å². The lowest BCUT2D eigenvalue weighted by Crippen LogP contribution is -2.29. The minimum Gasteiger partial charge on any atom is -0.331 e. The van der Waals surface area contributed by atoms with E-state index < -0.39 is 0 Å². The van der Waals surface area contributed by atoms with Gasteiger partial charge in [-0.25, -0.2) is 4.79 Å². The van der Waals surface area contributed by atoms with E-state index in [9.17, 15) is 4.79 Å². The number of halogens is 2. The fraction of sp³-hybridized carbons (Fsp3) is 0.200. The second-order valence-corrected chi connectivity index (χ2v) is 10.3. The number of carbonyl (C=O) groups is 1. The number of anilines is 1. The van der Waals surface area contributed by atoms with E-state index in [1.165, 1.54) is 17.7 Å². The molecule has 176 valence electrons. The third kappa shape index (κ3) is 4.33. The maximum absolute atomic E-state index is 12.5. The van der Waals surface area contributed by atoms with E-state index in [1.54, 1.807) is 23.5 Å². The van der Waals surface area contributed by atoms with Crippen LogP contribution in [-0.4, -0.2) is 26.5 Å². The summed E-state index contributed by atoms with van der Waals surface area (Å²) in [5, 5.41) is 16.6. The lowest BCUT2D eigenvalue weighted by Gasteiger charge is -2.11. The highest BCUT2D eigenvalue weighted by Gasteiger charge is 2.31. The minimum absolute atomic E-state index is 0.195. The molecular weight excluding hydrogens is 503 g/mol. The summed E-state index contributed by atoms with van der Waals surface area (Å²) in [6.07, 6.45) is 2.40. The van der Waals surface area contributed by atoms with Crippen LogP contribution in [0, 0.1) is 0 Å². The Bertz CT molecular complexity index is 1470. The smallest absolute Gasteiger partial charge is 0.319 e. The van der Waals surface area contributed by atoms with Crippen molar-refractivity contribution in [2.75, 3.05) is 5.32 Å². The molecule has 0 saturated heterocycles. The van der Waals surface area contributed by atoms with Crippen LogP contribution in [0.5, 0.6) is 0 Å². The van der Waals surface area contributed by atoms with Crippen LogP contribution < -0.4 is 10.6 Å². The van der Waals surface area contributed by atoms with Crippen molar-refractivity contribution in [3.8, 4) is 5.00 Å². The van der Waals surface area contributed by atoms with E-state index in [4.69, 9.17) is 28.2 Å². The van der Waals surface area contributed by atoms with Crippen LogP contribution in [0.2, 0.25) is 10.0 Å². The highest BCUT2D eigenvalue weighted by atomic mass is 35.5. The van der Waals surface area contributed by atoms with Crippen molar-refractivity contribution < 1.29 is 4.79 Å². The Hall–Kier alpha value is -3.20. The average Bonchev–Trinajstić information content (AvgIpc) is 3.53. The molecule has 1 aliphatic heterocycles. The number of aliphatic imine (C=N–C) groups is 1. The number of hydrogen-bond donors (Lipinski definition) is 2. The molecule has 0 atom stereocenters. The van der Waals surface area contributed by atoms with Gasteiger partial charge in [0.25, 0.3) is 0 Å². The van der Waals surface area contributed by atoms with Crippen LogP contribution in [0.1, 0.15) is 46.4 Å². The Labute approximate surface area is 215 Å². The molecule has 10 heteroatoms. The largest absolute Gasteiger partial charge is 0.331 e. The van der Waals surface area contributed by atoms with Crippen molar-refractivity contribution in [3.05, 3.63) is 92.3 Å². The normalized spacial score (nSPS) is 14.5. The molecule has 2 aliphatic rings. The molecular formula is C25H20Cl2N6OS. The standard InChI is InChI=1S/C25H20Cl2N6OS/c26-17-6-2-1-5-15(17)23-16-11-20(14-9-10-14)35-24(16)33-21(12-28-23)31-32-22(33)13-29-25(34)30-19-8-4-3-7-18(19)27/h1-8,11,14H,9-10,12-13H2,(H2,29,30,34). The van der Waals surface area contributed by atoms with Crippen LogP contribution >= 0.6 is 34.5 Å². The maximum Gasteiger partial charge on any atom is 0.319 e. The topological polar surface area (TPSA) is 84.2 Å². The summed E-state index contributed by atoms with van der Waals surface area (Å²) >= 11 is 14.5. The molecule has 2 aromatic carbocycles. The summed E-state index contributed by atoms with van der Waals surface area (Å²) in [5.41, 5.74) is 3.31. The number of nitrogens with one attached hydrogen (secondary N) is 2. The number of para-hydroxylation sites is 1. The molecule has 0 unspecified atom stereocenters. The quantitative estimate of drug-likeness (QED) is 0.327. The van der Waals surface area contributed by atoms with E-state index in [2.05, 4.69) is 26.9 Å². The Morgan fingerprint density at radius 2 is 1.80 bits per heavy atom. The Morgan fingerprint density at radius 3 is 2.57 bits per heavy atom. The summed E-state index contributed by atoms with van der Waals surface area (Å²) in [4.78, 5) is 18.8. The first-order chi connectivity index (χ1) is 17.1. The zero-order valence-electron chi connectivity index (χ0n) is 18.5. The fourth-order valence-electron chi connectivity index (χ4n) is 4.12. The summed E-state index contributed by atoms with van der Waals surface area (Å²) in [6.45, 7) is 0.556. The number of carbonyl (C=O) groups excluding carboxylic acids is 1. The summed E-state index contributed by atoms with van der Waals surface area (Å²) < 4.78 is 2.02. The Balaban J connectivity index is 1.32. The van der Waals surface area contributed by atoms with Gasteiger partial charge in [0.1, 0.15) is 11.5 Å². The number of benzene rings is 2. The van der Waals surface area contributed by atoms with Gasteiger partial charge in [-0.1, -0.05) is 53.5 Å². The SMILES string of the molecule is O=C(NCc1nnc2n1-c1sc(C3CC3)cc1C(c1ccccc1Cl)=NC2)Nc1ccccc1Cl. The molecule has 2 N–H and O–H groups in total. The lowest BCUT2D eigenvalue weighted by molar-refractivity contribution is 0.251. The molecule has 2 amide bonds. The van der Waals surface area contributed by atoms with E-state index >= 15 is 0 Å². The molecule has 1 aliphatic carbocycles. The van der Waals surface area contributed by atoms with Gasteiger partial charge in [-0.2, -0.15) is 0 Å². The third-order valence-corrected chi connectivity index (χ3v) is 7.95. The number of amides is 2. The zero-order valence-corrected chi connectivity index (χ0v) is 20.8. The highest BCUT2D eigenvalue weighted by molar-refractivity contribution is 7.15. The molecule has 6 rings (SSSR count). The molecule has 35 heavy (non-hydrogen) atoms. The van der Waals surface area contributed by atoms with Gasteiger partial charge in [0.15, 0.2) is 11.6 Å². The second-order valence-electron chi connectivity index (χ2n) is 8.44. The van der Waals surface area contributed by atoms with E-state index in [0.29, 0.717) is 34.0 Å². The molecule has 4 aromatic rings. The molecule has 1 saturated carbocycles. The molecule has 1 fully saturated rings. The van der Waals surface area contributed by atoms with Crippen molar-refractivity contribution in [2.45, 2.75) is 31.8 Å². The van der Waals surface area contributed by atoms with Gasteiger partial charge < -0.3 is 10.6 Å². The van der Waals surface area contributed by atoms with Gasteiger partial charge in [-0.3, -0.25) is 9.56 Å². The van der Waals surface area contributed by atoms with Crippen LogP contribution in [0.3, 0.4) is 0 Å². The van der Waals surface area contributed by atoms with Crippen molar-refractivity contribution >= 4 is 52.0 Å². The first-order valence-electron chi connectivity index (χ1n) is 11.2. The van der Waals surface area contributed by atoms with Crippen molar-refractivity contribution in [1.29, 1.82) is 0 Å². The van der Waals surface area contributed by atoms with Crippen LogP contribution in [0.25, 0.3) is 5.00 Å². The molecule has 0 spiro atoms. The highest BCUT2D eigenvalue weighted by Crippen LogP contribution is 2.46. The Kier molecular flexibility index (Phi) is 5.80. The number of hydrogen-bond acceptors (Lipinski definition) is 5. The first-order valence-corrected chi connectivity index (χ1v) is 12.8. The lowest BCUT2D eigenvalue weighted by atomic mass is 10.0. The monoisotopic (exact) mass is 522 g/mol. The number of aromatic nitrogens is 3. The van der Waals surface area contributed by atoms with Crippen LogP contribution in [0.4, 0.5) is 10.5 Å². The predicted molar refractivity (Wildman–Crippen MR) is 139 cm³/mol. The molecule has 0 bridgehead atoms. The zero-order chi connectivity index (χ0) is 23.9. The first kappa shape index (κ1) is 22.3. The van der Waals surface area contributed by atoms with Crippen LogP contribution in [-0.2, 0) is 13.1 Å². The third-order valence-electron chi connectivity index (χ3n) is 6.00. The molecule has 7 nitrogen and oxygen atoms in total. The van der Waals surface area contributed by atoms with Crippen LogP contribution in [0.15, 0.2) is 59.6 Å². The van der Waals surface area contributed by atoms with E-state index in [1.807, 2.05) is 41.0 Å². The number of urea groups is 1. The van der Waals surface area contributed by atoms with Gasteiger partial charge >= 0.3 is 6.03 Å². The minimum atomic E-state index is -0.373. The number of fused-ring (bicyclic) bond motifs is 3. The number of rotatable bonds is 5. The maximum atomic E-state index is 12.5. The second kappa shape index (κ2) is 9.11. The number of nitrogens with zero attached hydrogens (tertiary/aromatic N) is 4. The van der Waals surface area contributed by atoms with E-state index in [-0.39, 0.29) is 12.6 Å². The van der Waals surface area contributed by atoms with E-state index in [0.717, 1.165) is 27.7 Å². The molecule has 2 aromatic heterocycles. The van der Waals surface area contributed by atoms with Gasteiger partial charge in [0.2, 0.25) is 0 Å². The van der Waals surface area contributed by atoms with Crippen molar-refractivity contribution in [1.82, 2.24) is 20.1 Å². The summed E-state index contributed by atoms with van der Waals surface area (Å²) in [6, 6.07) is 16.7. The van der Waals surface area contributed by atoms with Gasteiger partial charge in [0.05, 0.1) is 23.0 Å². The van der Waals surface area contributed by atoms with Gasteiger partial charge in [-0.15, -0.1) is 21.5 Å². The number of thiophene rings is 1. The average molecular weight is 523 g/mol. The summed E-state index contributed by atoms with van der Waals surface area (Å²) in [5.74, 6) is 1.94. The van der Waals surface area contributed by atoms with Gasteiger partial charge in [0, 0.05) is 21.0 Å². The van der Waals surface area contributed by atoms with Gasteiger partial charge in [-0.05, 0) is 43.0 Å². The Morgan fingerprint density at radius 1 is 1.03 bits per heavy atom. The predicted octanol–water partition coefficient (Wildman–Crippen LogP) is 6.19. The fourth-order valence-corrected chi connectivity index (χ4v) is 5.89. The summed E-state index contributed by atoms with van der Waals surface area (Å²) in [7, 11) is 0. The van der Waals surface area contributed by atoms with Crippen molar-refractivity contribution in [2.24, 2.45) is 4.99 Å². The molecule has 0 radical (unpaired) electrons.